The van der Waals surface area contributed by atoms with Crippen LogP contribution in [0.4, 0.5) is 22.0 Å². The topological polar surface area (TPSA) is 29.1 Å². The van der Waals surface area contributed by atoms with E-state index in [1.54, 1.807) is 0 Å². The fraction of sp³-hybridized carbons (Fsp3) is 0.364. The standard InChI is InChI=1S/C11H10F5NO/c1-6-2-3-7(10(13)9(6)12)8(18)4-17-5-11(14,15)16/h2-3,17H,4-5H2,1H3. The van der Waals surface area contributed by atoms with Crippen molar-refractivity contribution in [3.8, 4) is 0 Å². The molecular weight excluding hydrogens is 257 g/mol. The molecule has 0 saturated carbocycles. The maximum Gasteiger partial charge on any atom is 0.401 e. The molecule has 0 saturated heterocycles. The zero-order valence-electron chi connectivity index (χ0n) is 9.37. The van der Waals surface area contributed by atoms with E-state index in [1.807, 2.05) is 5.32 Å². The van der Waals surface area contributed by atoms with E-state index in [0.29, 0.717) is 0 Å². The Hall–Kier alpha value is -1.50. The number of hydrogen-bond donors (Lipinski definition) is 1. The van der Waals surface area contributed by atoms with Crippen molar-refractivity contribution in [2.24, 2.45) is 0 Å². The third-order valence-electron chi connectivity index (χ3n) is 2.19. The van der Waals surface area contributed by atoms with Crippen LogP contribution >= 0.6 is 0 Å². The highest BCUT2D eigenvalue weighted by molar-refractivity contribution is 5.97. The first-order valence-corrected chi connectivity index (χ1v) is 4.97. The van der Waals surface area contributed by atoms with Crippen LogP contribution in [0.1, 0.15) is 15.9 Å². The van der Waals surface area contributed by atoms with Crippen molar-refractivity contribution >= 4 is 5.78 Å². The van der Waals surface area contributed by atoms with Crippen molar-refractivity contribution in [3.05, 3.63) is 34.9 Å². The Morgan fingerprint density at radius 2 is 1.83 bits per heavy atom. The molecule has 0 fully saturated rings. The summed E-state index contributed by atoms with van der Waals surface area (Å²) in [6.07, 6.45) is -4.46. The molecule has 0 heterocycles. The second kappa shape index (κ2) is 5.43. The second-order valence-corrected chi connectivity index (χ2v) is 3.70. The second-order valence-electron chi connectivity index (χ2n) is 3.70. The van der Waals surface area contributed by atoms with Crippen molar-refractivity contribution in [1.29, 1.82) is 0 Å². The molecule has 1 aromatic rings. The molecule has 0 aliphatic carbocycles. The Kier molecular flexibility index (Phi) is 4.39. The molecule has 0 amide bonds. The average molecular weight is 267 g/mol. The first kappa shape index (κ1) is 14.6. The molecule has 0 radical (unpaired) electrons. The molecule has 0 bridgehead atoms. The number of ketones is 1. The molecule has 0 aliphatic heterocycles. The highest BCUT2D eigenvalue weighted by Gasteiger charge is 2.27. The lowest BCUT2D eigenvalue weighted by Gasteiger charge is -2.08. The first-order chi connectivity index (χ1) is 8.22. The van der Waals surface area contributed by atoms with Crippen molar-refractivity contribution < 1.29 is 26.7 Å². The Balaban J connectivity index is 2.71. The van der Waals surface area contributed by atoms with Gasteiger partial charge in [-0.25, -0.2) is 8.78 Å². The van der Waals surface area contributed by atoms with Gasteiger partial charge < -0.3 is 5.32 Å². The molecule has 1 N–H and O–H groups in total. The highest BCUT2D eigenvalue weighted by atomic mass is 19.4. The Labute approximate surface area is 99.8 Å². The number of rotatable bonds is 4. The largest absolute Gasteiger partial charge is 0.401 e. The lowest BCUT2D eigenvalue weighted by molar-refractivity contribution is -0.124. The van der Waals surface area contributed by atoms with E-state index in [9.17, 15) is 26.7 Å². The summed E-state index contributed by atoms with van der Waals surface area (Å²) in [4.78, 5) is 11.4. The van der Waals surface area contributed by atoms with Crippen LogP contribution in [0.2, 0.25) is 0 Å². The maximum atomic E-state index is 13.3. The van der Waals surface area contributed by atoms with Gasteiger partial charge >= 0.3 is 6.18 Å². The number of carbonyl (C=O) groups excluding carboxylic acids is 1. The van der Waals surface area contributed by atoms with E-state index in [2.05, 4.69) is 0 Å². The summed E-state index contributed by atoms with van der Waals surface area (Å²) < 4.78 is 61.9. The minimum Gasteiger partial charge on any atom is -0.302 e. The molecule has 100 valence electrons. The molecule has 0 spiro atoms. The van der Waals surface area contributed by atoms with Crippen LogP contribution in [0.5, 0.6) is 0 Å². The fourth-order valence-corrected chi connectivity index (χ4v) is 1.27. The summed E-state index contributed by atoms with van der Waals surface area (Å²) >= 11 is 0. The number of hydrogen-bond acceptors (Lipinski definition) is 2. The van der Waals surface area contributed by atoms with Crippen molar-refractivity contribution in [2.75, 3.05) is 13.1 Å². The predicted octanol–water partition coefficient (Wildman–Crippen LogP) is 2.61. The van der Waals surface area contributed by atoms with E-state index < -0.39 is 42.2 Å². The van der Waals surface area contributed by atoms with E-state index in [0.717, 1.165) is 6.07 Å². The summed E-state index contributed by atoms with van der Waals surface area (Å²) in [6, 6.07) is 2.24. The number of Topliss-reactive ketones (excluding diaryl/α,β-unsaturated/α-hetero) is 1. The van der Waals surface area contributed by atoms with E-state index >= 15 is 0 Å². The van der Waals surface area contributed by atoms with Crippen LogP contribution in [-0.2, 0) is 0 Å². The van der Waals surface area contributed by atoms with Crippen molar-refractivity contribution in [2.45, 2.75) is 13.1 Å². The van der Waals surface area contributed by atoms with Crippen LogP contribution in [-0.4, -0.2) is 25.0 Å². The molecule has 7 heteroatoms. The van der Waals surface area contributed by atoms with Gasteiger partial charge in [-0.05, 0) is 18.6 Å². The van der Waals surface area contributed by atoms with Gasteiger partial charge in [-0.15, -0.1) is 0 Å². The third kappa shape index (κ3) is 3.76. The minimum atomic E-state index is -4.46. The van der Waals surface area contributed by atoms with Gasteiger partial charge in [-0.2, -0.15) is 13.2 Å². The predicted molar refractivity (Wildman–Crippen MR) is 54.4 cm³/mol. The molecule has 1 aromatic carbocycles. The molecule has 0 unspecified atom stereocenters. The van der Waals surface area contributed by atoms with Gasteiger partial charge in [-0.1, -0.05) is 6.07 Å². The van der Waals surface area contributed by atoms with Crippen LogP contribution in [0.3, 0.4) is 0 Å². The number of alkyl halides is 3. The van der Waals surface area contributed by atoms with Gasteiger partial charge in [0.1, 0.15) is 0 Å². The number of aryl methyl sites for hydroxylation is 1. The summed E-state index contributed by atoms with van der Waals surface area (Å²) in [5.41, 5.74) is -0.542. The smallest absolute Gasteiger partial charge is 0.302 e. The van der Waals surface area contributed by atoms with Crippen LogP contribution < -0.4 is 5.32 Å². The molecule has 18 heavy (non-hydrogen) atoms. The third-order valence-corrected chi connectivity index (χ3v) is 2.19. The number of halogens is 5. The molecule has 1 rings (SSSR count). The molecule has 0 atom stereocenters. The zero-order chi connectivity index (χ0) is 13.9. The summed E-state index contributed by atoms with van der Waals surface area (Å²) in [7, 11) is 0. The quantitative estimate of drug-likeness (QED) is 0.671. The first-order valence-electron chi connectivity index (χ1n) is 4.97. The lowest BCUT2D eigenvalue weighted by atomic mass is 10.1. The Bertz CT molecular complexity index is 455. The minimum absolute atomic E-state index is 0.0206. The van der Waals surface area contributed by atoms with Crippen LogP contribution in [0.15, 0.2) is 12.1 Å². The van der Waals surface area contributed by atoms with Gasteiger partial charge in [0.25, 0.3) is 0 Å². The summed E-state index contributed by atoms with van der Waals surface area (Å²) in [5, 5.41) is 1.82. The van der Waals surface area contributed by atoms with E-state index in [1.165, 1.54) is 13.0 Å². The van der Waals surface area contributed by atoms with Crippen LogP contribution in [0.25, 0.3) is 0 Å². The van der Waals surface area contributed by atoms with Gasteiger partial charge in [-0.3, -0.25) is 4.79 Å². The number of nitrogens with one attached hydrogen (secondary N) is 1. The van der Waals surface area contributed by atoms with Gasteiger partial charge in [0, 0.05) is 0 Å². The van der Waals surface area contributed by atoms with Crippen molar-refractivity contribution in [1.82, 2.24) is 5.32 Å². The Morgan fingerprint density at radius 3 is 2.39 bits per heavy atom. The summed E-state index contributed by atoms with van der Waals surface area (Å²) in [6.45, 7) is -0.762. The van der Waals surface area contributed by atoms with E-state index in [4.69, 9.17) is 0 Å². The maximum absolute atomic E-state index is 13.3. The fourth-order valence-electron chi connectivity index (χ4n) is 1.27. The zero-order valence-corrected chi connectivity index (χ0v) is 9.37. The monoisotopic (exact) mass is 267 g/mol. The molecule has 2 nitrogen and oxygen atoms in total. The number of carbonyl (C=O) groups is 1. The average Bonchev–Trinajstić information content (AvgIpc) is 2.24. The summed E-state index contributed by atoms with van der Waals surface area (Å²) in [5.74, 6) is -3.44. The van der Waals surface area contributed by atoms with Gasteiger partial charge in [0.15, 0.2) is 17.4 Å². The molecule has 0 aliphatic rings. The Morgan fingerprint density at radius 1 is 1.22 bits per heavy atom. The SMILES string of the molecule is Cc1ccc(C(=O)CNCC(F)(F)F)c(F)c1F. The van der Waals surface area contributed by atoms with Gasteiger partial charge in [0.2, 0.25) is 0 Å². The highest BCUT2D eigenvalue weighted by Crippen LogP contribution is 2.16. The molecular formula is C11H10F5NO. The molecule has 0 aromatic heterocycles. The van der Waals surface area contributed by atoms with Gasteiger partial charge in [0.05, 0.1) is 18.7 Å². The van der Waals surface area contributed by atoms with Crippen molar-refractivity contribution in [3.63, 3.8) is 0 Å². The van der Waals surface area contributed by atoms with Crippen LogP contribution in [0, 0.1) is 18.6 Å². The van der Waals surface area contributed by atoms with E-state index in [-0.39, 0.29) is 5.56 Å². The number of benzene rings is 1. The normalized spacial score (nSPS) is 11.7. The lowest BCUT2D eigenvalue weighted by Crippen LogP contribution is -2.33.